The average Bonchev–Trinajstić information content (AvgIpc) is 2.62. The normalized spacial score (nSPS) is 13.1. The molecule has 2 aromatic carbocycles. The molecule has 2 atom stereocenters. The minimum atomic E-state index is -1.07. The van der Waals surface area contributed by atoms with Crippen molar-refractivity contribution in [3.8, 4) is 0 Å². The van der Waals surface area contributed by atoms with Gasteiger partial charge in [-0.05, 0) is 42.2 Å². The molecule has 0 heterocycles. The molecule has 0 fully saturated rings. The van der Waals surface area contributed by atoms with Crippen LogP contribution in [0.25, 0.3) is 0 Å². The molecule has 0 saturated carbocycles. The molecule has 0 spiro atoms. The van der Waals surface area contributed by atoms with Crippen molar-refractivity contribution in [2.24, 2.45) is 0 Å². The highest BCUT2D eigenvalue weighted by Gasteiger charge is 2.20. The third kappa shape index (κ3) is 6.05. The van der Waals surface area contributed by atoms with Gasteiger partial charge in [0.2, 0.25) is 0 Å². The first-order valence-electron chi connectivity index (χ1n) is 8.04. The molecule has 134 valence electrons. The lowest BCUT2D eigenvalue weighted by Gasteiger charge is -2.20. The number of ether oxygens (including phenoxy) is 1. The minimum absolute atomic E-state index is 0.180. The van der Waals surface area contributed by atoms with Gasteiger partial charge >= 0.3 is 6.09 Å². The van der Waals surface area contributed by atoms with E-state index in [9.17, 15) is 15.0 Å². The first-order chi connectivity index (χ1) is 12.0. The molecule has 5 nitrogen and oxygen atoms in total. The van der Waals surface area contributed by atoms with Crippen molar-refractivity contribution in [3.05, 3.63) is 70.2 Å². The molecule has 0 saturated heterocycles. The van der Waals surface area contributed by atoms with Crippen LogP contribution in [0.4, 0.5) is 4.79 Å². The van der Waals surface area contributed by atoms with Crippen LogP contribution >= 0.6 is 11.6 Å². The van der Waals surface area contributed by atoms with E-state index in [0.29, 0.717) is 10.6 Å². The van der Waals surface area contributed by atoms with Gasteiger partial charge in [-0.2, -0.15) is 0 Å². The molecular weight excluding hydrogens is 342 g/mol. The molecule has 2 unspecified atom stereocenters. The number of hydrogen-bond donors (Lipinski definition) is 3. The standard InChI is InChI=1S/C19H22ClNO4/c1-13-7-8-15(20)11-16(13)18(23)17(22)9-10-21-19(24)25-12-14-5-3-2-4-6-14/h2-8,11,17-18,22-23H,9-10,12H2,1H3,(H,21,24). The number of nitrogens with one attached hydrogen (secondary N) is 1. The third-order valence-corrected chi connectivity index (χ3v) is 4.08. The highest BCUT2D eigenvalue weighted by molar-refractivity contribution is 6.30. The van der Waals surface area contributed by atoms with E-state index < -0.39 is 18.3 Å². The second kappa shape index (κ2) is 9.42. The van der Waals surface area contributed by atoms with Gasteiger partial charge in [-0.15, -0.1) is 0 Å². The molecule has 0 aromatic heterocycles. The van der Waals surface area contributed by atoms with Crippen molar-refractivity contribution >= 4 is 17.7 Å². The summed E-state index contributed by atoms with van der Waals surface area (Å²) < 4.78 is 5.08. The quantitative estimate of drug-likeness (QED) is 0.704. The molecule has 0 aliphatic heterocycles. The van der Waals surface area contributed by atoms with Crippen LogP contribution in [-0.4, -0.2) is 29.0 Å². The minimum Gasteiger partial charge on any atom is -0.445 e. The van der Waals surface area contributed by atoms with Gasteiger partial charge in [-0.1, -0.05) is 48.0 Å². The first-order valence-corrected chi connectivity index (χ1v) is 8.42. The summed E-state index contributed by atoms with van der Waals surface area (Å²) in [6, 6.07) is 14.5. The number of aryl methyl sites for hydroxylation is 1. The van der Waals surface area contributed by atoms with Crippen molar-refractivity contribution in [1.82, 2.24) is 5.32 Å². The maximum Gasteiger partial charge on any atom is 0.407 e. The largest absolute Gasteiger partial charge is 0.445 e. The Hall–Kier alpha value is -2.08. The van der Waals surface area contributed by atoms with Crippen LogP contribution in [0.3, 0.4) is 0 Å². The van der Waals surface area contributed by atoms with Crippen molar-refractivity contribution in [1.29, 1.82) is 0 Å². The van der Waals surface area contributed by atoms with E-state index >= 15 is 0 Å². The number of aliphatic hydroxyl groups is 2. The lowest BCUT2D eigenvalue weighted by molar-refractivity contribution is 0.0133. The Bertz CT molecular complexity index is 693. The lowest BCUT2D eigenvalue weighted by atomic mass is 9.98. The number of carbonyl (C=O) groups excluding carboxylic acids is 1. The SMILES string of the molecule is Cc1ccc(Cl)cc1C(O)C(O)CCNC(=O)OCc1ccccc1. The average molecular weight is 364 g/mol. The predicted molar refractivity (Wildman–Crippen MR) is 96.4 cm³/mol. The number of alkyl carbamates (subject to hydrolysis) is 1. The fourth-order valence-electron chi connectivity index (χ4n) is 2.39. The Morgan fingerprint density at radius 1 is 1.20 bits per heavy atom. The number of carbonyl (C=O) groups is 1. The zero-order valence-corrected chi connectivity index (χ0v) is 14.7. The van der Waals surface area contributed by atoms with E-state index in [4.69, 9.17) is 16.3 Å². The van der Waals surface area contributed by atoms with Crippen LogP contribution < -0.4 is 5.32 Å². The number of halogens is 1. The van der Waals surface area contributed by atoms with E-state index in [-0.39, 0.29) is 19.6 Å². The molecule has 0 bridgehead atoms. The number of amides is 1. The Morgan fingerprint density at radius 2 is 1.92 bits per heavy atom. The summed E-state index contributed by atoms with van der Waals surface area (Å²) in [7, 11) is 0. The Morgan fingerprint density at radius 3 is 2.64 bits per heavy atom. The molecule has 6 heteroatoms. The fourth-order valence-corrected chi connectivity index (χ4v) is 2.57. The van der Waals surface area contributed by atoms with Gasteiger partial charge in [0.1, 0.15) is 12.7 Å². The Kier molecular flexibility index (Phi) is 7.25. The summed E-state index contributed by atoms with van der Waals surface area (Å²) in [4.78, 5) is 11.6. The van der Waals surface area contributed by atoms with Crippen LogP contribution in [0.1, 0.15) is 29.2 Å². The molecule has 0 aliphatic rings. The van der Waals surface area contributed by atoms with Crippen molar-refractivity contribution in [2.45, 2.75) is 32.2 Å². The number of benzene rings is 2. The van der Waals surface area contributed by atoms with Crippen LogP contribution in [0, 0.1) is 6.92 Å². The van der Waals surface area contributed by atoms with Crippen LogP contribution in [0.5, 0.6) is 0 Å². The number of hydrogen-bond acceptors (Lipinski definition) is 4. The van der Waals surface area contributed by atoms with E-state index in [1.807, 2.05) is 37.3 Å². The predicted octanol–water partition coefficient (Wildman–Crippen LogP) is 3.36. The number of aliphatic hydroxyl groups excluding tert-OH is 2. The second-order valence-corrected chi connectivity index (χ2v) is 6.23. The molecule has 0 radical (unpaired) electrons. The zero-order valence-electron chi connectivity index (χ0n) is 14.0. The Balaban J connectivity index is 1.75. The molecule has 2 aromatic rings. The lowest BCUT2D eigenvalue weighted by Crippen LogP contribution is -2.30. The maximum absolute atomic E-state index is 11.6. The maximum atomic E-state index is 11.6. The van der Waals surface area contributed by atoms with Gasteiger partial charge in [0.05, 0.1) is 6.10 Å². The monoisotopic (exact) mass is 363 g/mol. The summed E-state index contributed by atoms with van der Waals surface area (Å²) in [6.45, 7) is 2.20. The Labute approximate surface area is 152 Å². The summed E-state index contributed by atoms with van der Waals surface area (Å²) in [5.41, 5.74) is 2.31. The van der Waals surface area contributed by atoms with Gasteiger partial charge in [-0.3, -0.25) is 0 Å². The highest BCUT2D eigenvalue weighted by atomic mass is 35.5. The van der Waals surface area contributed by atoms with Crippen molar-refractivity contribution < 1.29 is 19.7 Å². The van der Waals surface area contributed by atoms with Crippen molar-refractivity contribution in [3.63, 3.8) is 0 Å². The zero-order chi connectivity index (χ0) is 18.2. The summed E-state index contributed by atoms with van der Waals surface area (Å²) in [6.07, 6.45) is -2.47. The fraction of sp³-hybridized carbons (Fsp3) is 0.316. The molecule has 1 amide bonds. The van der Waals surface area contributed by atoms with Crippen LogP contribution in [0.2, 0.25) is 5.02 Å². The molecule has 2 rings (SSSR count). The van der Waals surface area contributed by atoms with Crippen LogP contribution in [-0.2, 0) is 11.3 Å². The van der Waals surface area contributed by atoms with Crippen molar-refractivity contribution in [2.75, 3.05) is 6.54 Å². The van der Waals surface area contributed by atoms with Gasteiger partial charge < -0.3 is 20.3 Å². The first kappa shape index (κ1) is 19.2. The summed E-state index contributed by atoms with van der Waals surface area (Å²) >= 11 is 5.93. The second-order valence-electron chi connectivity index (χ2n) is 5.79. The summed E-state index contributed by atoms with van der Waals surface area (Å²) in [5, 5.41) is 23.4. The summed E-state index contributed by atoms with van der Waals surface area (Å²) in [5.74, 6) is 0. The van der Waals surface area contributed by atoms with E-state index in [2.05, 4.69) is 5.32 Å². The third-order valence-electron chi connectivity index (χ3n) is 3.85. The number of rotatable bonds is 7. The van der Waals surface area contributed by atoms with E-state index in [1.165, 1.54) is 0 Å². The van der Waals surface area contributed by atoms with Gasteiger partial charge in [0.15, 0.2) is 0 Å². The van der Waals surface area contributed by atoms with Gasteiger partial charge in [-0.25, -0.2) is 4.79 Å². The van der Waals surface area contributed by atoms with Gasteiger partial charge in [0, 0.05) is 11.6 Å². The van der Waals surface area contributed by atoms with E-state index in [1.54, 1.807) is 18.2 Å². The van der Waals surface area contributed by atoms with Crippen LogP contribution in [0.15, 0.2) is 48.5 Å². The molecule has 25 heavy (non-hydrogen) atoms. The molecular formula is C19H22ClNO4. The molecule has 3 N–H and O–H groups in total. The topological polar surface area (TPSA) is 78.8 Å². The molecule has 0 aliphatic carbocycles. The highest BCUT2D eigenvalue weighted by Crippen LogP contribution is 2.25. The van der Waals surface area contributed by atoms with E-state index in [0.717, 1.165) is 11.1 Å². The smallest absolute Gasteiger partial charge is 0.407 e. The van der Waals surface area contributed by atoms with Gasteiger partial charge in [0.25, 0.3) is 0 Å².